The number of nitro benzene ring substituents is 1. The Hall–Kier alpha value is -3.60. The Bertz CT molecular complexity index is 1270. The molecule has 1 aliphatic rings. The summed E-state index contributed by atoms with van der Waals surface area (Å²) in [5.41, 5.74) is -0.574. The largest absolute Gasteiger partial charge is 0.457 e. The number of hydrogen-bond donors (Lipinski definition) is 1. The van der Waals surface area contributed by atoms with Gasteiger partial charge < -0.3 is 10.1 Å². The minimum Gasteiger partial charge on any atom is -0.457 e. The molecule has 1 aliphatic carbocycles. The normalized spacial score (nSPS) is 13.6. The van der Waals surface area contributed by atoms with Gasteiger partial charge in [-0.3, -0.25) is 19.6 Å². The van der Waals surface area contributed by atoms with E-state index < -0.39 is 34.3 Å². The molecule has 0 bridgehead atoms. The Morgan fingerprint density at radius 3 is 2.62 bits per heavy atom. The number of anilines is 1. The summed E-state index contributed by atoms with van der Waals surface area (Å²) in [6, 6.07) is 10.8. The standard InChI is InChI=1S/C22H18ClF3N4O4/c1-12-4-2-3-5-17(12)34-16-9-14(8-15(10-16)30(32)33)27-18(31)11-29-20(13-6-7-13)19(23)21(28-29)22(24,25)26/h2-5,8-10,13H,6-7,11H2,1H3,(H,27,31). The highest BCUT2D eigenvalue weighted by atomic mass is 35.5. The van der Waals surface area contributed by atoms with Gasteiger partial charge in [-0.15, -0.1) is 0 Å². The second-order valence-corrected chi connectivity index (χ2v) is 8.24. The number of nitrogens with zero attached hydrogens (tertiary/aromatic N) is 3. The zero-order valence-corrected chi connectivity index (χ0v) is 18.5. The molecule has 1 fully saturated rings. The number of halogens is 4. The van der Waals surface area contributed by atoms with Gasteiger partial charge in [0.25, 0.3) is 5.69 Å². The number of rotatable bonds is 7. The van der Waals surface area contributed by atoms with Gasteiger partial charge in [-0.25, -0.2) is 0 Å². The molecule has 0 radical (unpaired) electrons. The molecule has 4 rings (SSSR count). The summed E-state index contributed by atoms with van der Waals surface area (Å²) < 4.78 is 46.4. The molecule has 0 spiro atoms. The smallest absolute Gasteiger partial charge is 0.436 e. The lowest BCUT2D eigenvalue weighted by molar-refractivity contribution is -0.384. The number of hydrogen-bond acceptors (Lipinski definition) is 5. The van der Waals surface area contributed by atoms with Crippen LogP contribution < -0.4 is 10.1 Å². The van der Waals surface area contributed by atoms with Crippen molar-refractivity contribution in [1.29, 1.82) is 0 Å². The molecule has 178 valence electrons. The summed E-state index contributed by atoms with van der Waals surface area (Å²) in [5.74, 6) is -0.341. The summed E-state index contributed by atoms with van der Waals surface area (Å²) in [5, 5.41) is 16.8. The SMILES string of the molecule is Cc1ccccc1Oc1cc(NC(=O)Cn2nc(C(F)(F)F)c(Cl)c2C2CC2)cc([N+](=O)[O-])c1. The number of aryl methyl sites for hydroxylation is 1. The van der Waals surface area contributed by atoms with Gasteiger partial charge in [-0.05, 0) is 31.4 Å². The Kier molecular flexibility index (Phi) is 6.22. The van der Waals surface area contributed by atoms with E-state index in [9.17, 15) is 28.1 Å². The fraction of sp³-hybridized carbons (Fsp3) is 0.273. The van der Waals surface area contributed by atoms with Crippen LogP contribution in [0, 0.1) is 17.0 Å². The lowest BCUT2D eigenvalue weighted by Gasteiger charge is -2.12. The van der Waals surface area contributed by atoms with Crippen molar-refractivity contribution >= 4 is 28.9 Å². The number of amides is 1. The molecule has 34 heavy (non-hydrogen) atoms. The molecular formula is C22H18ClF3N4O4. The molecule has 1 aromatic heterocycles. The first-order valence-corrected chi connectivity index (χ1v) is 10.6. The summed E-state index contributed by atoms with van der Waals surface area (Å²) >= 11 is 5.93. The molecule has 8 nitrogen and oxygen atoms in total. The number of alkyl halides is 3. The minimum atomic E-state index is -4.76. The predicted octanol–water partition coefficient (Wildman–Crippen LogP) is 6.08. The molecule has 0 saturated heterocycles. The van der Waals surface area contributed by atoms with Gasteiger partial charge in [0, 0.05) is 18.1 Å². The average Bonchev–Trinajstić information content (AvgIpc) is 3.52. The zero-order chi connectivity index (χ0) is 24.6. The molecule has 1 saturated carbocycles. The quantitative estimate of drug-likeness (QED) is 0.317. The number of ether oxygens (including phenoxy) is 1. The number of aromatic nitrogens is 2. The van der Waals surface area contributed by atoms with Crippen LogP contribution in [0.1, 0.15) is 35.7 Å². The van der Waals surface area contributed by atoms with Crippen LogP contribution in [0.3, 0.4) is 0 Å². The Balaban J connectivity index is 1.58. The van der Waals surface area contributed by atoms with Crippen molar-refractivity contribution in [3.63, 3.8) is 0 Å². The summed E-state index contributed by atoms with van der Waals surface area (Å²) in [6.45, 7) is 1.26. The van der Waals surface area contributed by atoms with E-state index in [1.54, 1.807) is 25.1 Å². The molecular weight excluding hydrogens is 477 g/mol. The fourth-order valence-corrected chi connectivity index (χ4v) is 3.85. The van der Waals surface area contributed by atoms with Crippen LogP contribution in [-0.2, 0) is 17.5 Å². The predicted molar refractivity (Wildman–Crippen MR) is 117 cm³/mol. The number of nitro groups is 1. The van der Waals surface area contributed by atoms with Crippen LogP contribution in [0.5, 0.6) is 11.5 Å². The van der Waals surface area contributed by atoms with E-state index in [2.05, 4.69) is 10.4 Å². The minimum absolute atomic E-state index is 0.0463. The van der Waals surface area contributed by atoms with Crippen LogP contribution in [0.15, 0.2) is 42.5 Å². The topological polar surface area (TPSA) is 99.3 Å². The van der Waals surface area contributed by atoms with Crippen molar-refractivity contribution < 1.29 is 27.6 Å². The number of carbonyl (C=O) groups is 1. The number of para-hydroxylation sites is 1. The highest BCUT2D eigenvalue weighted by molar-refractivity contribution is 6.32. The maximum absolute atomic E-state index is 13.2. The van der Waals surface area contributed by atoms with Gasteiger partial charge in [-0.2, -0.15) is 18.3 Å². The molecule has 1 amide bonds. The first kappa shape index (κ1) is 23.6. The lowest BCUT2D eigenvalue weighted by atomic mass is 10.2. The number of nitrogens with one attached hydrogen (secondary N) is 1. The average molecular weight is 495 g/mol. The highest BCUT2D eigenvalue weighted by Crippen LogP contribution is 2.46. The second kappa shape index (κ2) is 8.98. The van der Waals surface area contributed by atoms with E-state index in [-0.39, 0.29) is 28.7 Å². The van der Waals surface area contributed by atoms with Gasteiger partial charge in [0.05, 0.1) is 27.4 Å². The van der Waals surface area contributed by atoms with Crippen LogP contribution in [0.2, 0.25) is 5.02 Å². The molecule has 1 N–H and O–H groups in total. The van der Waals surface area contributed by atoms with Gasteiger partial charge in [0.2, 0.25) is 5.91 Å². The van der Waals surface area contributed by atoms with Gasteiger partial charge in [0.1, 0.15) is 18.0 Å². The molecule has 0 atom stereocenters. The Morgan fingerprint density at radius 1 is 1.29 bits per heavy atom. The maximum Gasteiger partial charge on any atom is 0.436 e. The van der Waals surface area contributed by atoms with E-state index >= 15 is 0 Å². The summed E-state index contributed by atoms with van der Waals surface area (Å²) in [7, 11) is 0. The van der Waals surface area contributed by atoms with E-state index in [0.717, 1.165) is 16.3 Å². The zero-order valence-electron chi connectivity index (χ0n) is 17.7. The number of benzene rings is 2. The molecule has 12 heteroatoms. The van der Waals surface area contributed by atoms with Crippen molar-refractivity contribution in [2.24, 2.45) is 0 Å². The summed E-state index contributed by atoms with van der Waals surface area (Å²) in [4.78, 5) is 23.4. The third kappa shape index (κ3) is 5.14. The summed E-state index contributed by atoms with van der Waals surface area (Å²) in [6.07, 6.45) is -3.46. The number of carbonyl (C=O) groups excluding carboxylic acids is 1. The third-order valence-electron chi connectivity index (χ3n) is 5.16. The highest BCUT2D eigenvalue weighted by Gasteiger charge is 2.42. The second-order valence-electron chi connectivity index (χ2n) is 7.87. The third-order valence-corrected chi connectivity index (χ3v) is 5.54. The fourth-order valence-electron chi connectivity index (χ4n) is 3.46. The van der Waals surface area contributed by atoms with Crippen LogP contribution in [-0.4, -0.2) is 20.6 Å². The maximum atomic E-state index is 13.2. The van der Waals surface area contributed by atoms with Crippen molar-refractivity contribution in [3.8, 4) is 11.5 Å². The lowest BCUT2D eigenvalue weighted by Crippen LogP contribution is -2.21. The van der Waals surface area contributed by atoms with Gasteiger partial charge in [-0.1, -0.05) is 29.8 Å². The first-order valence-electron chi connectivity index (χ1n) is 10.2. The van der Waals surface area contributed by atoms with Crippen LogP contribution >= 0.6 is 11.6 Å². The van der Waals surface area contributed by atoms with Crippen molar-refractivity contribution in [3.05, 3.63) is 74.6 Å². The van der Waals surface area contributed by atoms with E-state index in [1.807, 2.05) is 6.07 Å². The molecule has 0 aliphatic heterocycles. The molecule has 3 aromatic rings. The molecule has 2 aromatic carbocycles. The van der Waals surface area contributed by atoms with Gasteiger partial charge in [0.15, 0.2) is 5.69 Å². The number of non-ortho nitro benzene ring substituents is 1. The first-order chi connectivity index (χ1) is 16.0. The van der Waals surface area contributed by atoms with E-state index in [1.165, 1.54) is 12.1 Å². The van der Waals surface area contributed by atoms with Gasteiger partial charge >= 0.3 is 6.18 Å². The molecule has 1 heterocycles. The van der Waals surface area contributed by atoms with E-state index in [4.69, 9.17) is 16.3 Å². The monoisotopic (exact) mass is 494 g/mol. The van der Waals surface area contributed by atoms with E-state index in [0.29, 0.717) is 18.6 Å². The van der Waals surface area contributed by atoms with Crippen LogP contribution in [0.25, 0.3) is 0 Å². The Labute approximate surface area is 196 Å². The van der Waals surface area contributed by atoms with Crippen LogP contribution in [0.4, 0.5) is 24.5 Å². The Morgan fingerprint density at radius 2 is 2.00 bits per heavy atom. The molecule has 0 unspecified atom stereocenters. The van der Waals surface area contributed by atoms with Crippen molar-refractivity contribution in [2.45, 2.75) is 38.4 Å². The van der Waals surface area contributed by atoms with Crippen molar-refractivity contribution in [2.75, 3.05) is 5.32 Å². The van der Waals surface area contributed by atoms with Crippen molar-refractivity contribution in [1.82, 2.24) is 9.78 Å².